The van der Waals surface area contributed by atoms with Crippen molar-refractivity contribution in [1.29, 1.82) is 0 Å². The summed E-state index contributed by atoms with van der Waals surface area (Å²) >= 11 is 0. The highest BCUT2D eigenvalue weighted by Gasteiger charge is 2.14. The predicted molar refractivity (Wildman–Crippen MR) is 67.5 cm³/mol. The van der Waals surface area contributed by atoms with Gasteiger partial charge in [0.05, 0.1) is 0 Å². The Morgan fingerprint density at radius 2 is 2.24 bits per heavy atom. The van der Waals surface area contributed by atoms with Gasteiger partial charge in [-0.05, 0) is 0 Å². The summed E-state index contributed by atoms with van der Waals surface area (Å²) in [4.78, 5) is 11.0. The van der Waals surface area contributed by atoms with E-state index in [2.05, 4.69) is 25.5 Å². The van der Waals surface area contributed by atoms with E-state index in [1.165, 1.54) is 0 Å². The number of nitrogens with one attached hydrogen (secondary N) is 2. The number of aliphatic hydroxyl groups excluding tert-OH is 1. The van der Waals surface area contributed by atoms with Crippen molar-refractivity contribution in [3.05, 3.63) is 11.8 Å². The Kier molecular flexibility index (Phi) is 4.11. The molecule has 2 rings (SSSR count). The Hall–Kier alpha value is -1.40. The van der Waals surface area contributed by atoms with E-state index < -0.39 is 0 Å². The van der Waals surface area contributed by atoms with Crippen molar-refractivity contribution < 1.29 is 5.11 Å². The second-order valence-electron chi connectivity index (χ2n) is 4.00. The summed E-state index contributed by atoms with van der Waals surface area (Å²) < 4.78 is 0. The van der Waals surface area contributed by atoms with Crippen LogP contribution >= 0.6 is 0 Å². The summed E-state index contributed by atoms with van der Waals surface area (Å²) in [6.07, 6.45) is 2.38. The highest BCUT2D eigenvalue weighted by atomic mass is 16.2. The third-order valence-corrected chi connectivity index (χ3v) is 2.87. The quantitative estimate of drug-likeness (QED) is 0.653. The van der Waals surface area contributed by atoms with Crippen LogP contribution in [0.2, 0.25) is 0 Å². The first-order valence-corrected chi connectivity index (χ1v) is 5.95. The van der Waals surface area contributed by atoms with Gasteiger partial charge in [0.15, 0.2) is 0 Å². The number of aliphatic hydroxyl groups is 1. The summed E-state index contributed by atoms with van der Waals surface area (Å²) in [5.74, 6) is 1.57. The Morgan fingerprint density at radius 3 is 2.88 bits per heavy atom. The monoisotopic (exact) mass is 237 g/mol. The van der Waals surface area contributed by atoms with Gasteiger partial charge in [0.1, 0.15) is 5.82 Å². The largest absolute Gasteiger partial charge is 0.396 e. The molecule has 0 amide bonds. The molecule has 1 aliphatic rings. The Morgan fingerprint density at radius 1 is 1.47 bits per heavy atom. The number of anilines is 2. The van der Waals surface area contributed by atoms with Crippen LogP contribution in [0, 0.1) is 0 Å². The lowest BCUT2D eigenvalue weighted by atomic mass is 10.2. The number of hydrogen-bond acceptors (Lipinski definition) is 6. The zero-order valence-electron chi connectivity index (χ0n) is 10.1. The molecule has 1 aromatic rings. The molecule has 1 aromatic heterocycles. The fourth-order valence-corrected chi connectivity index (χ4v) is 1.93. The van der Waals surface area contributed by atoms with Crippen LogP contribution in [0.3, 0.4) is 0 Å². The van der Waals surface area contributed by atoms with Crippen LogP contribution < -0.4 is 15.5 Å². The Balaban J connectivity index is 2.17. The molecule has 1 aliphatic heterocycles. The van der Waals surface area contributed by atoms with Gasteiger partial charge in [-0.2, -0.15) is 4.98 Å². The summed E-state index contributed by atoms with van der Waals surface area (Å²) in [6.45, 7) is 3.92. The zero-order chi connectivity index (χ0) is 12.1. The third-order valence-electron chi connectivity index (χ3n) is 2.87. The normalized spacial score (nSPS) is 16.0. The number of aromatic nitrogens is 2. The molecule has 0 radical (unpaired) electrons. The van der Waals surface area contributed by atoms with E-state index in [0.717, 1.165) is 43.5 Å². The molecule has 0 bridgehead atoms. The zero-order valence-corrected chi connectivity index (χ0v) is 10.1. The van der Waals surface area contributed by atoms with Crippen LogP contribution in [-0.2, 0) is 6.42 Å². The highest BCUT2D eigenvalue weighted by molar-refractivity contribution is 5.47. The van der Waals surface area contributed by atoms with Crippen LogP contribution in [0.15, 0.2) is 6.20 Å². The van der Waals surface area contributed by atoms with E-state index in [4.69, 9.17) is 5.11 Å². The topological polar surface area (TPSA) is 73.3 Å². The first-order valence-electron chi connectivity index (χ1n) is 5.95. The van der Waals surface area contributed by atoms with Crippen molar-refractivity contribution >= 4 is 11.8 Å². The van der Waals surface area contributed by atoms with Gasteiger partial charge in [-0.3, -0.25) is 0 Å². The molecule has 0 spiro atoms. The minimum Gasteiger partial charge on any atom is -0.396 e. The lowest BCUT2D eigenvalue weighted by molar-refractivity contribution is 0.299. The maximum absolute atomic E-state index is 8.96. The fraction of sp³-hybridized carbons (Fsp3) is 0.636. The lowest BCUT2D eigenvalue weighted by Crippen LogP contribution is -2.44. The van der Waals surface area contributed by atoms with E-state index >= 15 is 0 Å². The molecule has 0 saturated carbocycles. The molecule has 1 fully saturated rings. The van der Waals surface area contributed by atoms with Gasteiger partial charge in [-0.25, -0.2) is 4.98 Å². The van der Waals surface area contributed by atoms with Crippen molar-refractivity contribution in [2.75, 3.05) is 50.1 Å². The molecule has 6 heteroatoms. The minimum atomic E-state index is 0.116. The van der Waals surface area contributed by atoms with Crippen LogP contribution in [0.1, 0.15) is 5.56 Å². The predicted octanol–water partition coefficient (Wildman–Crippen LogP) is -0.537. The molecule has 2 heterocycles. The van der Waals surface area contributed by atoms with Crippen LogP contribution in [0.5, 0.6) is 0 Å². The van der Waals surface area contributed by atoms with Crippen molar-refractivity contribution in [3.63, 3.8) is 0 Å². The van der Waals surface area contributed by atoms with Gasteiger partial charge in [-0.15, -0.1) is 0 Å². The van der Waals surface area contributed by atoms with Gasteiger partial charge in [0.2, 0.25) is 5.95 Å². The third kappa shape index (κ3) is 2.83. The Bertz CT molecular complexity index is 365. The van der Waals surface area contributed by atoms with Crippen LogP contribution in [-0.4, -0.2) is 54.9 Å². The second-order valence-corrected chi connectivity index (χ2v) is 4.00. The second kappa shape index (κ2) is 5.79. The first-order chi connectivity index (χ1) is 8.35. The standard InChI is InChI=1S/C11H19N5O/c1-12-10-9(2-7-17)8-14-11(15-10)16-5-3-13-4-6-16/h8,13,17H,2-7H2,1H3,(H,12,14,15). The number of hydrogen-bond donors (Lipinski definition) is 3. The maximum Gasteiger partial charge on any atom is 0.227 e. The van der Waals surface area contributed by atoms with E-state index in [1.807, 2.05) is 7.05 Å². The van der Waals surface area contributed by atoms with Gasteiger partial charge >= 0.3 is 0 Å². The molecule has 0 unspecified atom stereocenters. The van der Waals surface area contributed by atoms with E-state index in [9.17, 15) is 0 Å². The number of rotatable bonds is 4. The number of nitrogens with zero attached hydrogens (tertiary/aromatic N) is 3. The van der Waals surface area contributed by atoms with Crippen LogP contribution in [0.4, 0.5) is 11.8 Å². The lowest BCUT2D eigenvalue weighted by Gasteiger charge is -2.27. The van der Waals surface area contributed by atoms with E-state index in [-0.39, 0.29) is 6.61 Å². The SMILES string of the molecule is CNc1nc(N2CCNCC2)ncc1CCO. The first kappa shape index (κ1) is 12.1. The average Bonchev–Trinajstić information content (AvgIpc) is 2.40. The van der Waals surface area contributed by atoms with E-state index in [0.29, 0.717) is 6.42 Å². The van der Waals surface area contributed by atoms with Crippen molar-refractivity contribution in [3.8, 4) is 0 Å². The van der Waals surface area contributed by atoms with Gasteiger partial charge < -0.3 is 20.6 Å². The summed E-state index contributed by atoms with van der Waals surface area (Å²) in [6, 6.07) is 0. The highest BCUT2D eigenvalue weighted by Crippen LogP contribution is 2.16. The molecule has 1 saturated heterocycles. The molecule has 0 aromatic carbocycles. The van der Waals surface area contributed by atoms with Crippen molar-refractivity contribution in [2.45, 2.75) is 6.42 Å². The molecule has 0 aliphatic carbocycles. The fourth-order valence-electron chi connectivity index (χ4n) is 1.93. The Labute approximate surface area is 101 Å². The molecule has 94 valence electrons. The van der Waals surface area contributed by atoms with Gasteiger partial charge in [0, 0.05) is 58.0 Å². The van der Waals surface area contributed by atoms with Gasteiger partial charge in [-0.1, -0.05) is 0 Å². The summed E-state index contributed by atoms with van der Waals surface area (Å²) in [5.41, 5.74) is 0.953. The average molecular weight is 237 g/mol. The molecule has 3 N–H and O–H groups in total. The molecule has 17 heavy (non-hydrogen) atoms. The summed E-state index contributed by atoms with van der Waals surface area (Å²) in [7, 11) is 1.84. The van der Waals surface area contributed by atoms with E-state index in [1.54, 1.807) is 6.20 Å². The van der Waals surface area contributed by atoms with Crippen LogP contribution in [0.25, 0.3) is 0 Å². The molecule has 0 atom stereocenters. The van der Waals surface area contributed by atoms with Crippen molar-refractivity contribution in [1.82, 2.24) is 15.3 Å². The van der Waals surface area contributed by atoms with Gasteiger partial charge in [0.25, 0.3) is 0 Å². The maximum atomic E-state index is 8.96. The molecular weight excluding hydrogens is 218 g/mol. The van der Waals surface area contributed by atoms with Crippen molar-refractivity contribution in [2.24, 2.45) is 0 Å². The minimum absolute atomic E-state index is 0.116. The number of piperazine rings is 1. The summed E-state index contributed by atoms with van der Waals surface area (Å²) in [5, 5.41) is 15.3. The molecular formula is C11H19N5O. The molecule has 6 nitrogen and oxygen atoms in total. The smallest absolute Gasteiger partial charge is 0.227 e.